The fourth-order valence-corrected chi connectivity index (χ4v) is 4.40. The zero-order valence-corrected chi connectivity index (χ0v) is 21.9. The summed E-state index contributed by atoms with van der Waals surface area (Å²) in [7, 11) is 3.22. The molecule has 2 aromatic rings. The highest BCUT2D eigenvalue weighted by molar-refractivity contribution is 5.94. The van der Waals surface area contributed by atoms with Crippen molar-refractivity contribution in [2.45, 2.75) is 78.4 Å². The van der Waals surface area contributed by atoms with Crippen LogP contribution >= 0.6 is 0 Å². The molecule has 1 aromatic heterocycles. The molecule has 1 saturated carbocycles. The predicted octanol–water partition coefficient (Wildman–Crippen LogP) is 4.43. The molecule has 1 aliphatic rings. The molecule has 8 heteroatoms. The Balaban J connectivity index is 1.87. The Morgan fingerprint density at radius 2 is 1.74 bits per heavy atom. The maximum atomic E-state index is 13.3. The molecule has 8 nitrogen and oxygen atoms in total. The van der Waals surface area contributed by atoms with Crippen LogP contribution in [0.4, 0.5) is 0 Å². The van der Waals surface area contributed by atoms with Crippen LogP contribution in [0.1, 0.15) is 70.3 Å². The molecule has 0 bridgehead atoms. The Morgan fingerprint density at radius 1 is 1.09 bits per heavy atom. The quantitative estimate of drug-likeness (QED) is 0.465. The number of benzene rings is 1. The van der Waals surface area contributed by atoms with Gasteiger partial charge in [-0.25, -0.2) is 0 Å². The van der Waals surface area contributed by atoms with Crippen LogP contribution in [0.5, 0.6) is 11.5 Å². The number of carbonyl (C=O) groups excluding carboxylic acids is 2. The van der Waals surface area contributed by atoms with Gasteiger partial charge in [0.1, 0.15) is 11.5 Å². The van der Waals surface area contributed by atoms with E-state index in [9.17, 15) is 9.59 Å². The lowest BCUT2D eigenvalue weighted by Crippen LogP contribution is -2.44. The van der Waals surface area contributed by atoms with E-state index in [0.29, 0.717) is 42.0 Å². The van der Waals surface area contributed by atoms with Crippen LogP contribution in [0.3, 0.4) is 0 Å². The second kappa shape index (κ2) is 12.1. The van der Waals surface area contributed by atoms with E-state index in [1.54, 1.807) is 20.3 Å². The fraction of sp³-hybridized carbons (Fsp3) is 0.593. The molecular weight excluding hydrogens is 444 g/mol. The van der Waals surface area contributed by atoms with Crippen LogP contribution in [0.2, 0.25) is 0 Å². The first-order chi connectivity index (χ1) is 16.7. The minimum absolute atomic E-state index is 0.00886. The summed E-state index contributed by atoms with van der Waals surface area (Å²) in [4.78, 5) is 25.9. The normalized spacial score (nSPS) is 14.5. The third-order valence-electron chi connectivity index (χ3n) is 6.23. The summed E-state index contributed by atoms with van der Waals surface area (Å²) in [5, 5.41) is 10.8. The molecule has 0 radical (unpaired) electrons. The molecule has 1 atom stereocenters. The molecule has 1 unspecified atom stereocenters. The molecule has 1 aromatic carbocycles. The highest BCUT2D eigenvalue weighted by atomic mass is 16.5. The number of ether oxygens (including phenoxy) is 2. The lowest BCUT2D eigenvalue weighted by atomic mass is 9.92. The molecular formula is C27H40N4O4. The minimum Gasteiger partial charge on any atom is -0.496 e. The molecule has 3 rings (SSSR count). The summed E-state index contributed by atoms with van der Waals surface area (Å²) >= 11 is 0. The van der Waals surface area contributed by atoms with E-state index in [1.165, 1.54) is 0 Å². The number of amides is 2. The van der Waals surface area contributed by atoms with Crippen LogP contribution in [-0.4, -0.2) is 47.9 Å². The average Bonchev–Trinajstić information content (AvgIpc) is 3.17. The summed E-state index contributed by atoms with van der Waals surface area (Å²) < 4.78 is 13.0. The third-order valence-corrected chi connectivity index (χ3v) is 6.23. The van der Waals surface area contributed by atoms with Gasteiger partial charge in [-0.1, -0.05) is 33.8 Å². The van der Waals surface area contributed by atoms with Gasteiger partial charge in [0.25, 0.3) is 5.91 Å². The maximum absolute atomic E-state index is 13.3. The number of aromatic nitrogens is 2. The van der Waals surface area contributed by atoms with Gasteiger partial charge in [0.05, 0.1) is 25.5 Å². The zero-order valence-electron chi connectivity index (χ0n) is 21.9. The molecule has 0 spiro atoms. The number of carbonyl (C=O) groups is 2. The zero-order chi connectivity index (χ0) is 25.5. The van der Waals surface area contributed by atoms with Gasteiger partial charge in [-0.05, 0) is 55.7 Å². The van der Waals surface area contributed by atoms with Crippen molar-refractivity contribution in [3.05, 3.63) is 30.0 Å². The van der Waals surface area contributed by atoms with E-state index in [0.717, 1.165) is 30.5 Å². The first-order valence-corrected chi connectivity index (χ1v) is 12.6. The second-order valence-corrected chi connectivity index (χ2v) is 10.2. The first kappa shape index (κ1) is 26.6. The van der Waals surface area contributed by atoms with Crippen molar-refractivity contribution in [1.82, 2.24) is 20.4 Å². The van der Waals surface area contributed by atoms with Gasteiger partial charge >= 0.3 is 0 Å². The molecule has 35 heavy (non-hydrogen) atoms. The topological polar surface area (TPSA) is 94.5 Å². The smallest absolute Gasteiger partial charge is 0.272 e. The van der Waals surface area contributed by atoms with E-state index in [2.05, 4.69) is 43.4 Å². The van der Waals surface area contributed by atoms with Crippen LogP contribution in [0, 0.1) is 11.8 Å². The van der Waals surface area contributed by atoms with Gasteiger partial charge in [-0.2, -0.15) is 5.10 Å². The fourth-order valence-electron chi connectivity index (χ4n) is 4.40. The van der Waals surface area contributed by atoms with E-state index < -0.39 is 0 Å². The van der Waals surface area contributed by atoms with Crippen LogP contribution in [0.25, 0.3) is 11.3 Å². The monoisotopic (exact) mass is 484 g/mol. The van der Waals surface area contributed by atoms with Crippen molar-refractivity contribution < 1.29 is 19.1 Å². The summed E-state index contributed by atoms with van der Waals surface area (Å²) in [6.45, 7) is 9.01. The van der Waals surface area contributed by atoms with Gasteiger partial charge < -0.3 is 20.1 Å². The van der Waals surface area contributed by atoms with Crippen molar-refractivity contribution >= 4 is 11.8 Å². The van der Waals surface area contributed by atoms with Gasteiger partial charge in [0, 0.05) is 25.0 Å². The molecule has 192 valence electrons. The second-order valence-electron chi connectivity index (χ2n) is 10.2. The first-order valence-electron chi connectivity index (χ1n) is 12.6. The predicted molar refractivity (Wildman–Crippen MR) is 137 cm³/mol. The number of methoxy groups -OCH3 is 2. The van der Waals surface area contributed by atoms with E-state index >= 15 is 0 Å². The Morgan fingerprint density at radius 3 is 2.26 bits per heavy atom. The number of nitrogens with one attached hydrogen (secondary N) is 2. The lowest BCUT2D eigenvalue weighted by Gasteiger charge is -2.27. The van der Waals surface area contributed by atoms with Crippen LogP contribution in [-0.2, 0) is 11.3 Å². The molecule has 1 aliphatic carbocycles. The number of nitrogens with zero attached hydrogens (tertiary/aromatic N) is 2. The Labute approximate surface area is 208 Å². The molecule has 2 amide bonds. The Kier molecular flexibility index (Phi) is 9.18. The maximum Gasteiger partial charge on any atom is 0.272 e. The summed E-state index contributed by atoms with van der Waals surface area (Å²) in [5.41, 5.74) is 1.81. The van der Waals surface area contributed by atoms with E-state index in [4.69, 9.17) is 9.47 Å². The van der Waals surface area contributed by atoms with Gasteiger partial charge in [-0.3, -0.25) is 14.3 Å². The van der Waals surface area contributed by atoms with Gasteiger partial charge in [-0.15, -0.1) is 0 Å². The molecule has 1 heterocycles. The molecule has 2 N–H and O–H groups in total. The lowest BCUT2D eigenvalue weighted by molar-refractivity contribution is -0.122. The average molecular weight is 485 g/mol. The SMILES string of the molecule is COc1cccc(OC)c1-c1cc(C(=O)NC(CC(=O)NC2CCC2)CC(C)C)nn1CC(C)C. The molecule has 0 saturated heterocycles. The van der Waals surface area contributed by atoms with E-state index in [-0.39, 0.29) is 30.3 Å². The van der Waals surface area contributed by atoms with Gasteiger partial charge in [0.15, 0.2) is 5.69 Å². The third kappa shape index (κ3) is 6.99. The summed E-state index contributed by atoms with van der Waals surface area (Å²) in [6, 6.07) is 7.39. The van der Waals surface area contributed by atoms with Crippen molar-refractivity contribution in [2.75, 3.05) is 14.2 Å². The van der Waals surface area contributed by atoms with Crippen molar-refractivity contribution in [2.24, 2.45) is 11.8 Å². The highest BCUT2D eigenvalue weighted by Gasteiger charge is 2.26. The number of rotatable bonds is 12. The Hall–Kier alpha value is -3.03. The van der Waals surface area contributed by atoms with Crippen molar-refractivity contribution in [3.8, 4) is 22.8 Å². The highest BCUT2D eigenvalue weighted by Crippen LogP contribution is 2.38. The molecule has 1 fully saturated rings. The number of hydrogen-bond donors (Lipinski definition) is 2. The van der Waals surface area contributed by atoms with Crippen molar-refractivity contribution in [3.63, 3.8) is 0 Å². The summed E-state index contributed by atoms with van der Waals surface area (Å²) in [6.07, 6.45) is 4.21. The number of hydrogen-bond acceptors (Lipinski definition) is 5. The minimum atomic E-state index is -0.287. The standard InChI is InChI=1S/C27H40N4O4/c1-17(2)13-20(14-25(32)28-19-9-7-10-19)29-27(33)21-15-22(31(30-21)16-18(3)4)26-23(34-5)11-8-12-24(26)35-6/h8,11-12,15,17-20H,7,9-10,13-14,16H2,1-6H3,(H,28,32)(H,29,33). The van der Waals surface area contributed by atoms with E-state index in [1.807, 2.05) is 22.9 Å². The Bertz CT molecular complexity index is 988. The van der Waals surface area contributed by atoms with Crippen LogP contribution < -0.4 is 20.1 Å². The largest absolute Gasteiger partial charge is 0.496 e. The molecule has 0 aliphatic heterocycles. The summed E-state index contributed by atoms with van der Waals surface area (Å²) in [5.74, 6) is 1.64. The van der Waals surface area contributed by atoms with Crippen LogP contribution in [0.15, 0.2) is 24.3 Å². The van der Waals surface area contributed by atoms with Gasteiger partial charge in [0.2, 0.25) is 5.91 Å². The van der Waals surface area contributed by atoms with Crippen molar-refractivity contribution in [1.29, 1.82) is 0 Å².